The monoisotopic (exact) mass is 264 g/mol. The van der Waals surface area contributed by atoms with Crippen LogP contribution in [0.5, 0.6) is 0 Å². The summed E-state index contributed by atoms with van der Waals surface area (Å²) in [4.78, 5) is 10.8. The largest absolute Gasteiger partial charge is 0.391 e. The van der Waals surface area contributed by atoms with Crippen LogP contribution in [0.4, 0.5) is 11.6 Å². The van der Waals surface area contributed by atoms with Crippen molar-refractivity contribution in [3.8, 4) is 0 Å². The summed E-state index contributed by atoms with van der Waals surface area (Å²) in [5.41, 5.74) is 0. The fraction of sp³-hybridized carbons (Fsp3) is 0.714. The summed E-state index contributed by atoms with van der Waals surface area (Å²) in [7, 11) is 0. The zero-order chi connectivity index (χ0) is 13.7. The smallest absolute Gasteiger partial charge is 0.134 e. The first-order chi connectivity index (χ1) is 9.15. The second kappa shape index (κ2) is 6.70. The standard InChI is InChI=1S/C14H24N4O/c1-11(2)7-12(19)9-15-13-8-14(17-10-16-13)18-5-3-4-6-18/h8,10-12,19H,3-7,9H2,1-2H3,(H,15,16,17). The van der Waals surface area contributed by atoms with E-state index in [1.165, 1.54) is 12.8 Å². The zero-order valence-corrected chi connectivity index (χ0v) is 11.8. The van der Waals surface area contributed by atoms with E-state index in [0.717, 1.165) is 31.1 Å². The average Bonchev–Trinajstić information content (AvgIpc) is 2.90. The van der Waals surface area contributed by atoms with Crippen LogP contribution in [0.3, 0.4) is 0 Å². The number of nitrogens with one attached hydrogen (secondary N) is 1. The topological polar surface area (TPSA) is 61.3 Å². The highest BCUT2D eigenvalue weighted by molar-refractivity contribution is 5.48. The normalized spacial score (nSPS) is 16.9. The van der Waals surface area contributed by atoms with Crippen LogP contribution in [-0.4, -0.2) is 40.8 Å². The maximum atomic E-state index is 9.85. The van der Waals surface area contributed by atoms with Crippen molar-refractivity contribution < 1.29 is 5.11 Å². The van der Waals surface area contributed by atoms with Gasteiger partial charge in [-0.3, -0.25) is 0 Å². The molecule has 0 bridgehead atoms. The summed E-state index contributed by atoms with van der Waals surface area (Å²) < 4.78 is 0. The van der Waals surface area contributed by atoms with E-state index in [-0.39, 0.29) is 6.10 Å². The van der Waals surface area contributed by atoms with Crippen molar-refractivity contribution >= 4 is 11.6 Å². The second-order valence-electron chi connectivity index (χ2n) is 5.62. The lowest BCUT2D eigenvalue weighted by atomic mass is 10.1. The Labute approximate surface area is 115 Å². The molecular formula is C14H24N4O. The van der Waals surface area contributed by atoms with Crippen LogP contribution in [0.2, 0.25) is 0 Å². The maximum Gasteiger partial charge on any atom is 0.134 e. The van der Waals surface area contributed by atoms with Crippen molar-refractivity contribution in [2.24, 2.45) is 5.92 Å². The lowest BCUT2D eigenvalue weighted by Crippen LogP contribution is -2.22. The molecule has 1 aromatic rings. The third kappa shape index (κ3) is 4.35. The molecule has 5 nitrogen and oxygen atoms in total. The Morgan fingerprint density at radius 3 is 2.74 bits per heavy atom. The highest BCUT2D eigenvalue weighted by Crippen LogP contribution is 2.19. The maximum absolute atomic E-state index is 9.85. The second-order valence-corrected chi connectivity index (χ2v) is 5.62. The van der Waals surface area contributed by atoms with E-state index in [0.29, 0.717) is 12.5 Å². The summed E-state index contributed by atoms with van der Waals surface area (Å²) in [6.45, 7) is 6.91. The molecule has 19 heavy (non-hydrogen) atoms. The fourth-order valence-corrected chi connectivity index (χ4v) is 2.41. The minimum atomic E-state index is -0.329. The molecule has 1 fully saturated rings. The van der Waals surface area contributed by atoms with Gasteiger partial charge >= 0.3 is 0 Å². The molecule has 2 N–H and O–H groups in total. The lowest BCUT2D eigenvalue weighted by Gasteiger charge is -2.18. The molecule has 5 heteroatoms. The zero-order valence-electron chi connectivity index (χ0n) is 11.8. The first-order valence-corrected chi connectivity index (χ1v) is 7.14. The number of aliphatic hydroxyl groups is 1. The van der Waals surface area contributed by atoms with Gasteiger partial charge in [-0.05, 0) is 25.2 Å². The molecule has 1 unspecified atom stereocenters. The molecule has 0 aliphatic carbocycles. The highest BCUT2D eigenvalue weighted by Gasteiger charge is 2.14. The molecule has 1 aromatic heterocycles. The van der Waals surface area contributed by atoms with Crippen molar-refractivity contribution in [2.45, 2.75) is 39.2 Å². The van der Waals surface area contributed by atoms with E-state index < -0.39 is 0 Å². The Kier molecular flexibility index (Phi) is 4.96. The SMILES string of the molecule is CC(C)CC(O)CNc1cc(N2CCCC2)ncn1. The lowest BCUT2D eigenvalue weighted by molar-refractivity contribution is 0.161. The van der Waals surface area contributed by atoms with Crippen molar-refractivity contribution in [1.29, 1.82) is 0 Å². The Hall–Kier alpha value is -1.36. The summed E-state index contributed by atoms with van der Waals surface area (Å²) in [6.07, 6.45) is 4.53. The number of nitrogens with zero attached hydrogens (tertiary/aromatic N) is 3. The Balaban J connectivity index is 1.88. The third-order valence-electron chi connectivity index (χ3n) is 3.34. The Bertz CT molecular complexity index is 391. The Morgan fingerprint density at radius 1 is 1.32 bits per heavy atom. The molecule has 1 aliphatic rings. The number of aromatic nitrogens is 2. The molecule has 1 atom stereocenters. The Morgan fingerprint density at radius 2 is 2.05 bits per heavy atom. The van der Waals surface area contributed by atoms with E-state index in [4.69, 9.17) is 0 Å². The molecule has 0 aromatic carbocycles. The van der Waals surface area contributed by atoms with E-state index in [2.05, 4.69) is 34.0 Å². The summed E-state index contributed by atoms with van der Waals surface area (Å²) >= 11 is 0. The van der Waals surface area contributed by atoms with Gasteiger partial charge in [0, 0.05) is 25.7 Å². The van der Waals surface area contributed by atoms with Crippen LogP contribution < -0.4 is 10.2 Å². The van der Waals surface area contributed by atoms with Gasteiger partial charge in [0.15, 0.2) is 0 Å². The van der Waals surface area contributed by atoms with Gasteiger partial charge in [-0.1, -0.05) is 13.8 Å². The molecule has 106 valence electrons. The van der Waals surface area contributed by atoms with Crippen molar-refractivity contribution in [1.82, 2.24) is 9.97 Å². The van der Waals surface area contributed by atoms with E-state index in [9.17, 15) is 5.11 Å². The van der Waals surface area contributed by atoms with Gasteiger partial charge < -0.3 is 15.3 Å². The summed E-state index contributed by atoms with van der Waals surface area (Å²) in [6, 6.07) is 1.97. The van der Waals surface area contributed by atoms with E-state index in [1.807, 2.05) is 6.07 Å². The van der Waals surface area contributed by atoms with Crippen LogP contribution in [0, 0.1) is 5.92 Å². The molecular weight excluding hydrogens is 240 g/mol. The molecule has 0 spiro atoms. The molecule has 1 saturated heterocycles. The van der Waals surface area contributed by atoms with E-state index >= 15 is 0 Å². The van der Waals surface area contributed by atoms with Crippen LogP contribution in [0.15, 0.2) is 12.4 Å². The average molecular weight is 264 g/mol. The first kappa shape index (κ1) is 14.1. The molecule has 0 saturated carbocycles. The van der Waals surface area contributed by atoms with Gasteiger partial charge in [0.1, 0.15) is 18.0 Å². The number of hydrogen-bond donors (Lipinski definition) is 2. The van der Waals surface area contributed by atoms with Crippen LogP contribution in [0.25, 0.3) is 0 Å². The summed E-state index contributed by atoms with van der Waals surface area (Å²) in [5, 5.41) is 13.0. The molecule has 2 rings (SSSR count). The number of rotatable bonds is 6. The van der Waals surface area contributed by atoms with Crippen molar-refractivity contribution in [3.05, 3.63) is 12.4 Å². The van der Waals surface area contributed by atoms with Crippen molar-refractivity contribution in [2.75, 3.05) is 29.9 Å². The van der Waals surface area contributed by atoms with Gasteiger partial charge in [0.2, 0.25) is 0 Å². The molecule has 0 radical (unpaired) electrons. The minimum absolute atomic E-state index is 0.329. The quantitative estimate of drug-likeness (QED) is 0.821. The third-order valence-corrected chi connectivity index (χ3v) is 3.34. The molecule has 2 heterocycles. The number of hydrogen-bond acceptors (Lipinski definition) is 5. The highest BCUT2D eigenvalue weighted by atomic mass is 16.3. The minimum Gasteiger partial charge on any atom is -0.391 e. The van der Waals surface area contributed by atoms with E-state index in [1.54, 1.807) is 6.33 Å². The van der Waals surface area contributed by atoms with Crippen LogP contribution >= 0.6 is 0 Å². The fourth-order valence-electron chi connectivity index (χ4n) is 2.41. The van der Waals surface area contributed by atoms with Gasteiger partial charge in [0.05, 0.1) is 6.10 Å². The number of anilines is 2. The van der Waals surface area contributed by atoms with Gasteiger partial charge in [-0.2, -0.15) is 0 Å². The van der Waals surface area contributed by atoms with Gasteiger partial charge in [-0.15, -0.1) is 0 Å². The van der Waals surface area contributed by atoms with Crippen LogP contribution in [-0.2, 0) is 0 Å². The predicted octanol–water partition coefficient (Wildman–Crippen LogP) is 1.90. The first-order valence-electron chi connectivity index (χ1n) is 7.14. The summed E-state index contributed by atoms with van der Waals surface area (Å²) in [5.74, 6) is 2.27. The van der Waals surface area contributed by atoms with Crippen LogP contribution in [0.1, 0.15) is 33.1 Å². The van der Waals surface area contributed by atoms with Crippen molar-refractivity contribution in [3.63, 3.8) is 0 Å². The molecule has 1 aliphatic heterocycles. The van der Waals surface area contributed by atoms with Gasteiger partial charge in [0.25, 0.3) is 0 Å². The number of aliphatic hydroxyl groups excluding tert-OH is 1. The van der Waals surface area contributed by atoms with Gasteiger partial charge in [-0.25, -0.2) is 9.97 Å². The molecule has 0 amide bonds. The predicted molar refractivity (Wildman–Crippen MR) is 77.4 cm³/mol.